The first-order chi connectivity index (χ1) is 12.1. The summed E-state index contributed by atoms with van der Waals surface area (Å²) in [5.41, 5.74) is 5.35. The van der Waals surface area contributed by atoms with Crippen molar-refractivity contribution in [1.82, 2.24) is 4.57 Å². The number of halogens is 6. The molecule has 0 radical (unpaired) electrons. The third kappa shape index (κ3) is 11.0. The number of hydrogen-bond acceptors (Lipinski definition) is 0. The Morgan fingerprint density at radius 3 is 1.89 bits per heavy atom. The van der Waals surface area contributed by atoms with Crippen molar-refractivity contribution in [2.75, 3.05) is 0 Å². The zero-order valence-corrected chi connectivity index (χ0v) is 16.9. The Labute approximate surface area is 156 Å². The number of nitrogens with zero attached hydrogens (tertiary/aromatic N) is 2. The Balaban J connectivity index is 0.000000445. The monoisotopic (exact) mass is 416 g/mol. The van der Waals surface area contributed by atoms with Gasteiger partial charge in [-0.25, -0.2) is 9.13 Å². The fourth-order valence-electron chi connectivity index (χ4n) is 2.96. The fraction of sp³-hybridized carbons (Fsp3) is 0.500. The number of aryl methyl sites for hydroxylation is 4. The van der Waals surface area contributed by atoms with Crippen molar-refractivity contribution in [3.8, 4) is 5.69 Å². The summed E-state index contributed by atoms with van der Waals surface area (Å²) in [6.45, 7) is 9.93. The molecule has 9 heteroatoms. The van der Waals surface area contributed by atoms with Crippen LogP contribution in [-0.4, -0.2) is 4.57 Å². The summed E-state index contributed by atoms with van der Waals surface area (Å²) in [4.78, 5) is 0. The van der Waals surface area contributed by atoms with Gasteiger partial charge in [-0.2, -0.15) is 0 Å². The SMILES string of the molecule is CCCCCC[n+]1ccn(-c2c(C)cc(C)cc2C)c1.F[P-](F)(F)(F)(F)F. The van der Waals surface area contributed by atoms with Crippen molar-refractivity contribution >= 4 is 7.81 Å². The molecule has 0 aliphatic rings. The van der Waals surface area contributed by atoms with Crippen LogP contribution >= 0.6 is 7.81 Å². The van der Waals surface area contributed by atoms with E-state index in [2.05, 4.69) is 67.7 Å². The van der Waals surface area contributed by atoms with Crippen molar-refractivity contribution in [1.29, 1.82) is 0 Å². The van der Waals surface area contributed by atoms with Gasteiger partial charge in [-0.3, -0.25) is 0 Å². The Morgan fingerprint density at radius 2 is 1.41 bits per heavy atom. The van der Waals surface area contributed by atoms with Crippen molar-refractivity contribution in [2.45, 2.75) is 59.9 Å². The fourth-order valence-corrected chi connectivity index (χ4v) is 2.96. The maximum atomic E-state index is 9.87. The first-order valence-electron chi connectivity index (χ1n) is 8.78. The molecule has 0 aliphatic heterocycles. The molecule has 2 aromatic rings. The third-order valence-electron chi connectivity index (χ3n) is 3.85. The third-order valence-corrected chi connectivity index (χ3v) is 3.85. The molecular weight excluding hydrogens is 389 g/mol. The van der Waals surface area contributed by atoms with Crippen LogP contribution in [0.3, 0.4) is 0 Å². The number of aromatic nitrogens is 2. The van der Waals surface area contributed by atoms with Gasteiger partial charge >= 0.3 is 33.0 Å². The molecule has 27 heavy (non-hydrogen) atoms. The van der Waals surface area contributed by atoms with Gasteiger partial charge in [0.1, 0.15) is 18.1 Å². The Kier molecular flexibility index (Phi) is 6.80. The van der Waals surface area contributed by atoms with E-state index in [9.17, 15) is 25.2 Å². The van der Waals surface area contributed by atoms with E-state index in [0.29, 0.717) is 0 Å². The van der Waals surface area contributed by atoms with Gasteiger partial charge in [0.15, 0.2) is 0 Å². The van der Waals surface area contributed by atoms with E-state index >= 15 is 0 Å². The van der Waals surface area contributed by atoms with Gasteiger partial charge in [-0.05, 0) is 44.7 Å². The molecule has 0 saturated heterocycles. The topological polar surface area (TPSA) is 8.81 Å². The van der Waals surface area contributed by atoms with Crippen molar-refractivity contribution in [3.05, 3.63) is 47.5 Å². The Morgan fingerprint density at radius 1 is 0.889 bits per heavy atom. The predicted octanol–water partition coefficient (Wildman–Crippen LogP) is 7.65. The molecule has 2 rings (SSSR count). The molecule has 0 bridgehead atoms. The summed E-state index contributed by atoms with van der Waals surface area (Å²) in [5.74, 6) is 0. The van der Waals surface area contributed by atoms with Crippen molar-refractivity contribution in [2.24, 2.45) is 0 Å². The number of hydrogen-bond donors (Lipinski definition) is 0. The van der Waals surface area contributed by atoms with E-state index in [1.165, 1.54) is 48.1 Å². The van der Waals surface area contributed by atoms with Crippen LogP contribution in [0.5, 0.6) is 0 Å². The molecular formula is C18H27F6N2P. The zero-order chi connectivity index (χ0) is 20.9. The first-order valence-corrected chi connectivity index (χ1v) is 10.8. The molecule has 0 spiro atoms. The minimum atomic E-state index is -10.7. The molecule has 0 unspecified atom stereocenters. The second-order valence-corrected chi connectivity index (χ2v) is 8.74. The van der Waals surface area contributed by atoms with Crippen molar-refractivity contribution in [3.63, 3.8) is 0 Å². The van der Waals surface area contributed by atoms with Gasteiger partial charge in [0, 0.05) is 0 Å². The molecule has 0 atom stereocenters. The molecule has 0 N–H and O–H groups in total. The van der Waals surface area contributed by atoms with Crippen LogP contribution in [0.2, 0.25) is 0 Å². The second-order valence-electron chi connectivity index (χ2n) is 6.83. The summed E-state index contributed by atoms with van der Waals surface area (Å²) >= 11 is 0. The van der Waals surface area contributed by atoms with Crippen LogP contribution in [0, 0.1) is 20.8 Å². The predicted molar refractivity (Wildman–Crippen MR) is 97.9 cm³/mol. The number of unbranched alkanes of at least 4 members (excludes halogenated alkanes) is 3. The van der Waals surface area contributed by atoms with E-state index in [1.807, 2.05) is 0 Å². The molecule has 2 nitrogen and oxygen atoms in total. The molecule has 0 saturated carbocycles. The quantitative estimate of drug-likeness (QED) is 0.198. The summed E-state index contributed by atoms with van der Waals surface area (Å²) in [7, 11) is -10.7. The van der Waals surface area contributed by atoms with Crippen molar-refractivity contribution < 1.29 is 29.7 Å². The summed E-state index contributed by atoms with van der Waals surface area (Å²) in [6, 6.07) is 4.52. The second kappa shape index (κ2) is 7.82. The molecule has 0 fully saturated rings. The molecule has 1 aromatic heterocycles. The van der Waals surface area contributed by atoms with Crippen LogP contribution < -0.4 is 4.57 Å². The number of benzene rings is 1. The van der Waals surface area contributed by atoms with Crippen LogP contribution in [-0.2, 0) is 6.54 Å². The normalized spacial score (nSPS) is 14.1. The molecule has 156 valence electrons. The zero-order valence-electron chi connectivity index (χ0n) is 16.0. The van der Waals surface area contributed by atoms with Crippen LogP contribution in [0.15, 0.2) is 30.9 Å². The van der Waals surface area contributed by atoms with E-state index in [-0.39, 0.29) is 0 Å². The maximum absolute atomic E-state index is 10.7. The van der Waals surface area contributed by atoms with Gasteiger partial charge < -0.3 is 0 Å². The van der Waals surface area contributed by atoms with Crippen LogP contribution in [0.4, 0.5) is 25.2 Å². The van der Waals surface area contributed by atoms with E-state index < -0.39 is 7.81 Å². The first kappa shape index (κ1) is 23.5. The van der Waals surface area contributed by atoms with Crippen LogP contribution in [0.25, 0.3) is 5.69 Å². The molecule has 0 amide bonds. The number of rotatable bonds is 6. The average Bonchev–Trinajstić information content (AvgIpc) is 2.87. The molecule has 0 aliphatic carbocycles. The van der Waals surface area contributed by atoms with E-state index in [4.69, 9.17) is 0 Å². The van der Waals surface area contributed by atoms with Gasteiger partial charge in [0.2, 0.25) is 6.33 Å². The van der Waals surface area contributed by atoms with Gasteiger partial charge in [0.05, 0.1) is 6.54 Å². The summed E-state index contributed by atoms with van der Waals surface area (Å²) in [6.07, 6.45) is 11.8. The average molecular weight is 416 g/mol. The van der Waals surface area contributed by atoms with Gasteiger partial charge in [-0.15, -0.1) is 0 Å². The van der Waals surface area contributed by atoms with Crippen LogP contribution in [0.1, 0.15) is 49.3 Å². The summed E-state index contributed by atoms with van der Waals surface area (Å²) in [5, 5.41) is 0. The Hall–Kier alpha value is -1.56. The minimum absolute atomic E-state index is 1.12. The molecule has 1 aromatic carbocycles. The standard InChI is InChI=1S/C18H27N2.F6P/c1-5-6-7-8-9-19-10-11-20(14-19)18-16(3)12-15(2)13-17(18)4;1-7(2,3,4,5)6/h10-14H,5-9H2,1-4H3;/q+1;-1. The van der Waals surface area contributed by atoms with Gasteiger partial charge in [-0.1, -0.05) is 37.5 Å². The Bertz CT molecular complexity index is 731. The van der Waals surface area contributed by atoms with E-state index in [0.717, 1.165) is 6.54 Å². The summed E-state index contributed by atoms with van der Waals surface area (Å²) < 4.78 is 63.7. The van der Waals surface area contributed by atoms with E-state index in [1.54, 1.807) is 0 Å². The number of imidazole rings is 1. The molecule has 1 heterocycles. The van der Waals surface area contributed by atoms with Gasteiger partial charge in [0.25, 0.3) is 0 Å².